The van der Waals surface area contributed by atoms with Gasteiger partial charge in [-0.1, -0.05) is 0 Å². The van der Waals surface area contributed by atoms with E-state index in [4.69, 9.17) is 9.15 Å². The Labute approximate surface area is 157 Å². The summed E-state index contributed by atoms with van der Waals surface area (Å²) in [4.78, 5) is 13.7. The lowest BCUT2D eigenvalue weighted by molar-refractivity contribution is -0.117. The minimum atomic E-state index is -3.69. The highest BCUT2D eigenvalue weighted by atomic mass is 32.2. The van der Waals surface area contributed by atoms with E-state index in [0.29, 0.717) is 18.9 Å². The molecule has 1 amide bonds. The van der Waals surface area contributed by atoms with Crippen LogP contribution in [0.25, 0.3) is 0 Å². The molecule has 10 heteroatoms. The molecule has 1 aromatic carbocycles. The molecular formula is C17H20N4O5S. The van der Waals surface area contributed by atoms with E-state index in [9.17, 15) is 13.2 Å². The van der Waals surface area contributed by atoms with E-state index in [-0.39, 0.29) is 36.4 Å². The number of ether oxygens (including phenoxy) is 1. The molecule has 0 N–H and O–H groups in total. The summed E-state index contributed by atoms with van der Waals surface area (Å²) in [5, 5.41) is 7.68. The molecule has 9 nitrogen and oxygen atoms in total. The normalized spacial score (nSPS) is 21.7. The molecule has 0 unspecified atom stereocenters. The Kier molecular flexibility index (Phi) is 4.70. The second kappa shape index (κ2) is 7.02. The third-order valence-corrected chi connectivity index (χ3v) is 6.59. The Morgan fingerprint density at radius 2 is 1.93 bits per heavy atom. The standard InChI is InChI=1S/C17H20N4O5S/c1-12-18-19-17(26-12)15-11-20(9-10-25-15)27(23,24)14-6-4-13(5-7-14)21-8-2-3-16(21)22/h4-7,15H,2-3,8-11H2,1H3/t15-/m0/s1. The Balaban J connectivity index is 1.52. The minimum absolute atomic E-state index is 0.0662. The van der Waals surface area contributed by atoms with Crippen molar-refractivity contribution in [2.24, 2.45) is 0 Å². The first-order valence-corrected chi connectivity index (χ1v) is 10.2. The van der Waals surface area contributed by atoms with Gasteiger partial charge in [0.05, 0.1) is 11.5 Å². The van der Waals surface area contributed by atoms with Gasteiger partial charge in [0, 0.05) is 38.7 Å². The summed E-state index contributed by atoms with van der Waals surface area (Å²) in [6, 6.07) is 6.43. The van der Waals surface area contributed by atoms with E-state index in [0.717, 1.165) is 12.1 Å². The van der Waals surface area contributed by atoms with E-state index >= 15 is 0 Å². The van der Waals surface area contributed by atoms with Crippen LogP contribution in [0.2, 0.25) is 0 Å². The van der Waals surface area contributed by atoms with Gasteiger partial charge >= 0.3 is 0 Å². The molecule has 1 aromatic heterocycles. The quantitative estimate of drug-likeness (QED) is 0.771. The smallest absolute Gasteiger partial charge is 0.246 e. The SMILES string of the molecule is Cc1nnc([C@@H]2CN(S(=O)(=O)c3ccc(N4CCCC4=O)cc3)CCO2)o1. The summed E-state index contributed by atoms with van der Waals surface area (Å²) in [6.45, 7) is 2.93. The third-order valence-electron chi connectivity index (χ3n) is 4.71. The fourth-order valence-electron chi connectivity index (χ4n) is 3.30. The number of carbonyl (C=O) groups is 1. The van der Waals surface area contributed by atoms with Gasteiger partial charge in [-0.05, 0) is 30.7 Å². The van der Waals surface area contributed by atoms with E-state index in [1.807, 2.05) is 0 Å². The molecule has 2 aromatic rings. The van der Waals surface area contributed by atoms with Crippen LogP contribution in [0.4, 0.5) is 5.69 Å². The molecule has 2 aliphatic heterocycles. The minimum Gasteiger partial charge on any atom is -0.423 e. The largest absolute Gasteiger partial charge is 0.423 e. The number of carbonyl (C=O) groups excluding carboxylic acids is 1. The maximum Gasteiger partial charge on any atom is 0.246 e. The highest BCUT2D eigenvalue weighted by molar-refractivity contribution is 7.89. The molecule has 2 fully saturated rings. The van der Waals surface area contributed by atoms with E-state index < -0.39 is 16.1 Å². The molecule has 3 heterocycles. The Bertz CT molecular complexity index is 940. The van der Waals surface area contributed by atoms with Gasteiger partial charge in [0.2, 0.25) is 27.7 Å². The monoisotopic (exact) mass is 392 g/mol. The molecule has 27 heavy (non-hydrogen) atoms. The van der Waals surface area contributed by atoms with Crippen LogP contribution in [-0.4, -0.2) is 55.1 Å². The fraction of sp³-hybridized carbons (Fsp3) is 0.471. The van der Waals surface area contributed by atoms with Crippen molar-refractivity contribution in [3.05, 3.63) is 36.0 Å². The molecule has 0 spiro atoms. The van der Waals surface area contributed by atoms with Crippen LogP contribution in [0.5, 0.6) is 0 Å². The number of amides is 1. The lowest BCUT2D eigenvalue weighted by Crippen LogP contribution is -2.42. The summed E-state index contributed by atoms with van der Waals surface area (Å²) in [6.07, 6.45) is 0.768. The number of rotatable bonds is 4. The molecule has 1 atom stereocenters. The lowest BCUT2D eigenvalue weighted by atomic mass is 10.3. The van der Waals surface area contributed by atoms with Gasteiger partial charge in [-0.3, -0.25) is 4.79 Å². The van der Waals surface area contributed by atoms with Gasteiger partial charge < -0.3 is 14.1 Å². The van der Waals surface area contributed by atoms with Crippen LogP contribution in [0.15, 0.2) is 33.6 Å². The number of sulfonamides is 1. The van der Waals surface area contributed by atoms with Crippen LogP contribution in [-0.2, 0) is 19.6 Å². The molecular weight excluding hydrogens is 372 g/mol. The zero-order valence-electron chi connectivity index (χ0n) is 14.9. The topological polar surface area (TPSA) is 106 Å². The number of nitrogens with zero attached hydrogens (tertiary/aromatic N) is 4. The van der Waals surface area contributed by atoms with Crippen LogP contribution in [0, 0.1) is 6.92 Å². The average Bonchev–Trinajstić information content (AvgIpc) is 3.30. The molecule has 4 rings (SSSR count). The number of anilines is 1. The van der Waals surface area contributed by atoms with Crippen molar-refractivity contribution in [2.45, 2.75) is 30.8 Å². The zero-order valence-corrected chi connectivity index (χ0v) is 15.7. The van der Waals surface area contributed by atoms with Gasteiger partial charge in [0.1, 0.15) is 6.10 Å². The summed E-state index contributed by atoms with van der Waals surface area (Å²) in [5.41, 5.74) is 0.720. The van der Waals surface area contributed by atoms with Crippen LogP contribution >= 0.6 is 0 Å². The van der Waals surface area contributed by atoms with Gasteiger partial charge in [-0.2, -0.15) is 4.31 Å². The van der Waals surface area contributed by atoms with E-state index in [1.54, 1.807) is 24.0 Å². The summed E-state index contributed by atoms with van der Waals surface area (Å²) >= 11 is 0. The fourth-order valence-corrected chi connectivity index (χ4v) is 4.73. The first kappa shape index (κ1) is 18.1. The Morgan fingerprint density at radius 1 is 1.15 bits per heavy atom. The van der Waals surface area contributed by atoms with Gasteiger partial charge in [-0.15, -0.1) is 10.2 Å². The number of hydrogen-bond acceptors (Lipinski definition) is 7. The van der Waals surface area contributed by atoms with Crippen LogP contribution < -0.4 is 4.90 Å². The van der Waals surface area contributed by atoms with Gasteiger partial charge in [0.25, 0.3) is 0 Å². The molecule has 0 radical (unpaired) electrons. The number of morpholine rings is 1. The summed E-state index contributed by atoms with van der Waals surface area (Å²) < 4.78 is 38.3. The van der Waals surface area contributed by atoms with Gasteiger partial charge in [0.15, 0.2) is 0 Å². The molecule has 0 bridgehead atoms. The molecule has 2 aliphatic rings. The number of hydrogen-bond donors (Lipinski definition) is 0. The zero-order chi connectivity index (χ0) is 19.0. The molecule has 0 saturated carbocycles. The summed E-state index contributed by atoms with van der Waals surface area (Å²) in [7, 11) is -3.69. The lowest BCUT2D eigenvalue weighted by Gasteiger charge is -2.30. The third kappa shape index (κ3) is 3.47. The van der Waals surface area contributed by atoms with Crippen molar-refractivity contribution in [2.75, 3.05) is 31.1 Å². The highest BCUT2D eigenvalue weighted by Crippen LogP contribution is 2.28. The van der Waals surface area contributed by atoms with Crippen LogP contribution in [0.1, 0.15) is 30.7 Å². The average molecular weight is 392 g/mol. The Morgan fingerprint density at radius 3 is 2.56 bits per heavy atom. The predicted molar refractivity (Wildman–Crippen MR) is 94.5 cm³/mol. The number of aromatic nitrogens is 2. The Hall–Kier alpha value is -2.30. The highest BCUT2D eigenvalue weighted by Gasteiger charge is 2.34. The maximum absolute atomic E-state index is 13.0. The van der Waals surface area contributed by atoms with Crippen molar-refractivity contribution in [3.63, 3.8) is 0 Å². The van der Waals surface area contributed by atoms with E-state index in [1.165, 1.54) is 16.4 Å². The first-order chi connectivity index (χ1) is 12.9. The van der Waals surface area contributed by atoms with Crippen molar-refractivity contribution in [1.29, 1.82) is 0 Å². The molecule has 144 valence electrons. The second-order valence-electron chi connectivity index (χ2n) is 6.52. The summed E-state index contributed by atoms with van der Waals surface area (Å²) in [5.74, 6) is 0.743. The number of benzene rings is 1. The van der Waals surface area contributed by atoms with Crippen molar-refractivity contribution in [1.82, 2.24) is 14.5 Å². The predicted octanol–water partition coefficient (Wildman–Crippen LogP) is 1.27. The first-order valence-electron chi connectivity index (χ1n) is 8.77. The second-order valence-corrected chi connectivity index (χ2v) is 8.46. The number of aryl methyl sites for hydroxylation is 1. The van der Waals surface area contributed by atoms with Crippen molar-refractivity contribution < 1.29 is 22.4 Å². The molecule has 2 saturated heterocycles. The maximum atomic E-state index is 13.0. The molecule has 0 aliphatic carbocycles. The van der Waals surface area contributed by atoms with Crippen molar-refractivity contribution in [3.8, 4) is 0 Å². The van der Waals surface area contributed by atoms with Crippen molar-refractivity contribution >= 4 is 21.6 Å². The van der Waals surface area contributed by atoms with Crippen LogP contribution in [0.3, 0.4) is 0 Å². The van der Waals surface area contributed by atoms with E-state index in [2.05, 4.69) is 10.2 Å². The van der Waals surface area contributed by atoms with Gasteiger partial charge in [-0.25, -0.2) is 8.42 Å².